The monoisotopic (exact) mass is 307 g/mol. The van der Waals surface area contributed by atoms with E-state index in [0.717, 1.165) is 49.9 Å². The molecule has 0 aliphatic carbocycles. The second kappa shape index (κ2) is 4.79. The first-order valence-electron chi connectivity index (χ1n) is 7.03. The second-order valence-corrected chi connectivity index (χ2v) is 7.13. The molecule has 0 saturated carbocycles. The molecule has 0 amide bonds. The van der Waals surface area contributed by atoms with Crippen molar-refractivity contribution < 1.29 is 4.74 Å². The Balaban J connectivity index is 1.56. The standard InChI is InChI=1S/C14H17N3OS2/c1-10-15-13(20-16-10)17-6-4-14(5-7-17)12-11(2-8-18-14)3-9-19-12/h3,9H,2,4-8H2,1H3. The van der Waals surface area contributed by atoms with Crippen molar-refractivity contribution in [2.45, 2.75) is 31.8 Å². The molecule has 20 heavy (non-hydrogen) atoms. The van der Waals surface area contributed by atoms with Gasteiger partial charge in [-0.25, -0.2) is 4.98 Å². The van der Waals surface area contributed by atoms with Crippen LogP contribution in [0.25, 0.3) is 0 Å². The average Bonchev–Trinajstić information content (AvgIpc) is 3.09. The van der Waals surface area contributed by atoms with Crippen LogP contribution in [0.2, 0.25) is 0 Å². The van der Waals surface area contributed by atoms with Crippen molar-refractivity contribution in [1.82, 2.24) is 9.36 Å². The van der Waals surface area contributed by atoms with E-state index in [9.17, 15) is 0 Å². The molecule has 0 unspecified atom stereocenters. The molecule has 106 valence electrons. The third-order valence-corrected chi connectivity index (χ3v) is 6.28. The quantitative estimate of drug-likeness (QED) is 0.812. The highest BCUT2D eigenvalue weighted by molar-refractivity contribution is 7.10. The molecule has 0 aromatic carbocycles. The lowest BCUT2D eigenvalue weighted by Gasteiger charge is -2.43. The van der Waals surface area contributed by atoms with E-state index in [1.54, 1.807) is 0 Å². The van der Waals surface area contributed by atoms with Crippen LogP contribution in [0.4, 0.5) is 5.13 Å². The van der Waals surface area contributed by atoms with Crippen molar-refractivity contribution in [1.29, 1.82) is 0 Å². The fraction of sp³-hybridized carbons (Fsp3) is 0.571. The Morgan fingerprint density at radius 3 is 2.95 bits per heavy atom. The van der Waals surface area contributed by atoms with Crippen molar-refractivity contribution >= 4 is 28.0 Å². The van der Waals surface area contributed by atoms with Gasteiger partial charge in [0.05, 0.1) is 6.61 Å². The van der Waals surface area contributed by atoms with Gasteiger partial charge < -0.3 is 9.64 Å². The SMILES string of the molecule is Cc1nsc(N2CCC3(CC2)OCCc2ccsc23)n1. The van der Waals surface area contributed by atoms with Gasteiger partial charge >= 0.3 is 0 Å². The molecule has 2 aliphatic heterocycles. The molecule has 1 spiro atoms. The Labute approximate surface area is 126 Å². The van der Waals surface area contributed by atoms with E-state index in [4.69, 9.17) is 4.74 Å². The molecular formula is C14H17N3OS2. The van der Waals surface area contributed by atoms with Gasteiger partial charge in [-0.05, 0) is 43.2 Å². The Morgan fingerprint density at radius 1 is 1.35 bits per heavy atom. The van der Waals surface area contributed by atoms with Gasteiger partial charge in [-0.3, -0.25) is 0 Å². The molecule has 4 rings (SSSR count). The highest BCUT2D eigenvalue weighted by atomic mass is 32.1. The highest BCUT2D eigenvalue weighted by Gasteiger charge is 2.42. The summed E-state index contributed by atoms with van der Waals surface area (Å²) in [6.07, 6.45) is 3.18. The molecule has 1 fully saturated rings. The number of thiophene rings is 1. The van der Waals surface area contributed by atoms with Gasteiger partial charge in [-0.2, -0.15) is 4.37 Å². The largest absolute Gasteiger partial charge is 0.369 e. The molecule has 0 N–H and O–H groups in total. The summed E-state index contributed by atoms with van der Waals surface area (Å²) in [4.78, 5) is 8.32. The van der Waals surface area contributed by atoms with Crippen molar-refractivity contribution in [2.24, 2.45) is 0 Å². The Kier molecular flexibility index (Phi) is 3.05. The maximum absolute atomic E-state index is 6.23. The number of hydrogen-bond donors (Lipinski definition) is 0. The van der Waals surface area contributed by atoms with Gasteiger partial charge in [0, 0.05) is 29.5 Å². The highest BCUT2D eigenvalue weighted by Crippen LogP contribution is 2.44. The van der Waals surface area contributed by atoms with Crippen LogP contribution in [0.3, 0.4) is 0 Å². The Bertz CT molecular complexity index is 613. The fourth-order valence-corrected chi connectivity index (χ4v) is 5.09. The number of aromatic nitrogens is 2. The van der Waals surface area contributed by atoms with Gasteiger partial charge in [0.15, 0.2) is 0 Å². The number of anilines is 1. The minimum Gasteiger partial charge on any atom is -0.369 e. The average molecular weight is 307 g/mol. The summed E-state index contributed by atoms with van der Waals surface area (Å²) >= 11 is 3.37. The third kappa shape index (κ3) is 1.98. The molecule has 0 atom stereocenters. The van der Waals surface area contributed by atoms with Crippen LogP contribution in [-0.4, -0.2) is 29.1 Å². The van der Waals surface area contributed by atoms with Gasteiger partial charge in [-0.15, -0.1) is 11.3 Å². The minimum atomic E-state index is -0.0298. The molecular weight excluding hydrogens is 290 g/mol. The number of nitrogens with zero attached hydrogens (tertiary/aromatic N) is 3. The number of fused-ring (bicyclic) bond motifs is 2. The van der Waals surface area contributed by atoms with Gasteiger partial charge in [-0.1, -0.05) is 0 Å². The molecule has 0 radical (unpaired) electrons. The number of hydrogen-bond acceptors (Lipinski definition) is 6. The van der Waals surface area contributed by atoms with Crippen LogP contribution in [0, 0.1) is 6.92 Å². The molecule has 2 aromatic rings. The van der Waals surface area contributed by atoms with Crippen LogP contribution in [0.5, 0.6) is 0 Å². The zero-order chi connectivity index (χ0) is 13.6. The van der Waals surface area contributed by atoms with E-state index in [-0.39, 0.29) is 5.60 Å². The van der Waals surface area contributed by atoms with Gasteiger partial charge in [0.1, 0.15) is 11.4 Å². The summed E-state index contributed by atoms with van der Waals surface area (Å²) in [6.45, 7) is 4.83. The number of piperidine rings is 1. The van der Waals surface area contributed by atoms with Gasteiger partial charge in [0.2, 0.25) is 5.13 Å². The number of rotatable bonds is 1. The fourth-order valence-electron chi connectivity index (χ4n) is 3.20. The van der Waals surface area contributed by atoms with Crippen molar-refractivity contribution in [3.8, 4) is 0 Å². The van der Waals surface area contributed by atoms with Crippen LogP contribution in [-0.2, 0) is 16.8 Å². The first-order chi connectivity index (χ1) is 9.77. The van der Waals surface area contributed by atoms with E-state index in [2.05, 4.69) is 25.7 Å². The first kappa shape index (κ1) is 12.7. The van der Waals surface area contributed by atoms with Crippen molar-refractivity contribution in [3.05, 3.63) is 27.7 Å². The van der Waals surface area contributed by atoms with Crippen LogP contribution in [0.15, 0.2) is 11.4 Å². The van der Waals surface area contributed by atoms with Crippen LogP contribution >= 0.6 is 22.9 Å². The summed E-state index contributed by atoms with van der Waals surface area (Å²) in [6, 6.07) is 2.27. The lowest BCUT2D eigenvalue weighted by Crippen LogP contribution is -2.46. The maximum atomic E-state index is 6.23. The molecule has 0 bridgehead atoms. The minimum absolute atomic E-state index is 0.0298. The predicted molar refractivity (Wildman–Crippen MR) is 81.7 cm³/mol. The molecule has 2 aromatic heterocycles. The topological polar surface area (TPSA) is 38.2 Å². The normalized spacial score (nSPS) is 21.1. The summed E-state index contributed by atoms with van der Waals surface area (Å²) in [5.74, 6) is 0.875. The molecule has 4 nitrogen and oxygen atoms in total. The van der Waals surface area contributed by atoms with E-state index in [1.807, 2.05) is 18.3 Å². The first-order valence-corrected chi connectivity index (χ1v) is 8.68. The van der Waals surface area contributed by atoms with E-state index >= 15 is 0 Å². The van der Waals surface area contributed by atoms with Crippen LogP contribution < -0.4 is 4.90 Å². The summed E-state index contributed by atoms with van der Waals surface area (Å²) in [5.41, 5.74) is 1.47. The van der Waals surface area contributed by atoms with E-state index in [0.29, 0.717) is 0 Å². The molecule has 2 aliphatic rings. The Morgan fingerprint density at radius 2 is 2.20 bits per heavy atom. The summed E-state index contributed by atoms with van der Waals surface area (Å²) < 4.78 is 10.5. The zero-order valence-corrected chi connectivity index (χ0v) is 13.1. The van der Waals surface area contributed by atoms with Crippen molar-refractivity contribution in [3.63, 3.8) is 0 Å². The smallest absolute Gasteiger partial charge is 0.205 e. The summed E-state index contributed by atoms with van der Waals surface area (Å²) in [7, 11) is 0. The lowest BCUT2D eigenvalue weighted by molar-refractivity contribution is -0.0735. The molecule has 1 saturated heterocycles. The third-order valence-electron chi connectivity index (χ3n) is 4.27. The number of ether oxygens (including phenoxy) is 1. The van der Waals surface area contributed by atoms with Gasteiger partial charge in [0.25, 0.3) is 0 Å². The molecule has 4 heterocycles. The van der Waals surface area contributed by atoms with E-state index < -0.39 is 0 Å². The number of aryl methyl sites for hydroxylation is 1. The molecule has 6 heteroatoms. The summed E-state index contributed by atoms with van der Waals surface area (Å²) in [5, 5.41) is 3.27. The lowest BCUT2D eigenvalue weighted by atomic mass is 9.85. The maximum Gasteiger partial charge on any atom is 0.205 e. The Hall–Kier alpha value is -0.980. The van der Waals surface area contributed by atoms with Crippen molar-refractivity contribution in [2.75, 3.05) is 24.6 Å². The van der Waals surface area contributed by atoms with E-state index in [1.165, 1.54) is 22.0 Å². The van der Waals surface area contributed by atoms with Crippen LogP contribution in [0.1, 0.15) is 29.1 Å². The second-order valence-electron chi connectivity index (χ2n) is 5.48. The zero-order valence-electron chi connectivity index (χ0n) is 11.5. The predicted octanol–water partition coefficient (Wildman–Crippen LogP) is 2.98.